The zero-order valence-corrected chi connectivity index (χ0v) is 15.2. The number of amides is 2. The van der Waals surface area contributed by atoms with Gasteiger partial charge in [0.15, 0.2) is 0 Å². The van der Waals surface area contributed by atoms with Crippen molar-refractivity contribution < 1.29 is 9.59 Å². The molecule has 0 saturated heterocycles. The number of nitrogens with two attached hydrogens (primary N) is 1. The molecule has 0 aliphatic heterocycles. The lowest BCUT2D eigenvalue weighted by Crippen LogP contribution is -2.35. The zero-order chi connectivity index (χ0) is 19.8. The maximum absolute atomic E-state index is 12.9. The van der Waals surface area contributed by atoms with Crippen LogP contribution < -0.4 is 10.6 Å². The summed E-state index contributed by atoms with van der Waals surface area (Å²) in [6, 6.07) is 25.6. The van der Waals surface area contributed by atoms with Crippen LogP contribution in [0.2, 0.25) is 0 Å². The fourth-order valence-electron chi connectivity index (χ4n) is 2.65. The van der Waals surface area contributed by atoms with E-state index in [0.717, 1.165) is 16.0 Å². The largest absolute Gasteiger partial charge is 0.397 e. The number of anilines is 2. The molecular weight excluding hydrogens is 348 g/mol. The van der Waals surface area contributed by atoms with Gasteiger partial charge in [0, 0.05) is 12.2 Å². The second-order valence-corrected chi connectivity index (χ2v) is 6.06. The molecule has 138 valence electrons. The Kier molecular flexibility index (Phi) is 6.16. The van der Waals surface area contributed by atoms with Gasteiger partial charge in [0.2, 0.25) is 0 Å². The summed E-state index contributed by atoms with van der Waals surface area (Å²) >= 11 is 0. The first-order chi connectivity index (χ1) is 13.6. The molecule has 2 amide bonds. The molecular formula is C24H20N2O2. The molecule has 0 fully saturated rings. The van der Waals surface area contributed by atoms with Crippen LogP contribution in [0.4, 0.5) is 11.4 Å². The van der Waals surface area contributed by atoms with Crippen molar-refractivity contribution in [1.82, 2.24) is 0 Å². The molecule has 0 radical (unpaired) electrons. The highest BCUT2D eigenvalue weighted by Crippen LogP contribution is 2.24. The number of rotatable bonds is 5. The van der Waals surface area contributed by atoms with E-state index < -0.39 is 11.8 Å². The quantitative estimate of drug-likeness (QED) is 0.531. The Morgan fingerprint density at radius 1 is 0.643 bits per heavy atom. The van der Waals surface area contributed by atoms with Crippen LogP contribution in [-0.4, -0.2) is 11.8 Å². The number of para-hydroxylation sites is 2. The summed E-state index contributed by atoms with van der Waals surface area (Å²) in [6.45, 7) is 0. The molecule has 4 nitrogen and oxygen atoms in total. The van der Waals surface area contributed by atoms with Gasteiger partial charge in [-0.25, -0.2) is 4.90 Å². The number of carbonyl (C=O) groups is 2. The molecule has 3 aromatic rings. The van der Waals surface area contributed by atoms with E-state index >= 15 is 0 Å². The Bertz CT molecular complexity index is 948. The molecule has 3 rings (SSSR count). The van der Waals surface area contributed by atoms with Crippen LogP contribution in [0.3, 0.4) is 0 Å². The molecule has 28 heavy (non-hydrogen) atoms. The van der Waals surface area contributed by atoms with Crippen molar-refractivity contribution in [3.05, 3.63) is 108 Å². The van der Waals surface area contributed by atoms with Crippen molar-refractivity contribution in [1.29, 1.82) is 0 Å². The Morgan fingerprint density at radius 3 is 1.54 bits per heavy atom. The third-order valence-electron chi connectivity index (χ3n) is 4.05. The number of imide groups is 1. The smallest absolute Gasteiger partial charge is 0.258 e. The zero-order valence-electron chi connectivity index (χ0n) is 15.2. The molecule has 0 aliphatic rings. The fraction of sp³-hybridized carbons (Fsp3) is 0. The van der Waals surface area contributed by atoms with Gasteiger partial charge in [0.05, 0.1) is 11.4 Å². The number of benzene rings is 3. The average Bonchev–Trinajstić information content (AvgIpc) is 2.74. The maximum Gasteiger partial charge on any atom is 0.258 e. The molecule has 0 spiro atoms. The summed E-state index contributed by atoms with van der Waals surface area (Å²) in [5.74, 6) is -0.936. The molecule has 0 bridgehead atoms. The minimum Gasteiger partial charge on any atom is -0.397 e. The summed E-state index contributed by atoms with van der Waals surface area (Å²) in [7, 11) is 0. The highest BCUT2D eigenvalue weighted by molar-refractivity contribution is 6.24. The van der Waals surface area contributed by atoms with Gasteiger partial charge in [-0.05, 0) is 35.4 Å². The first kappa shape index (κ1) is 18.9. The van der Waals surface area contributed by atoms with Crippen molar-refractivity contribution in [2.75, 3.05) is 10.6 Å². The van der Waals surface area contributed by atoms with Crippen LogP contribution in [0.1, 0.15) is 11.1 Å². The number of nitrogen functional groups attached to an aromatic ring is 1. The normalized spacial score (nSPS) is 11.0. The van der Waals surface area contributed by atoms with Gasteiger partial charge in [0.1, 0.15) is 0 Å². The summed E-state index contributed by atoms with van der Waals surface area (Å²) in [6.07, 6.45) is 6.08. The minimum atomic E-state index is -0.468. The Hall–Kier alpha value is -3.92. The molecule has 0 atom stereocenters. The highest BCUT2D eigenvalue weighted by Gasteiger charge is 2.21. The van der Waals surface area contributed by atoms with Crippen LogP contribution in [0, 0.1) is 0 Å². The first-order valence-electron chi connectivity index (χ1n) is 8.84. The number of hydrogen-bond acceptors (Lipinski definition) is 3. The Balaban J connectivity index is 1.90. The molecule has 0 heterocycles. The monoisotopic (exact) mass is 368 g/mol. The van der Waals surface area contributed by atoms with Gasteiger partial charge in [0.25, 0.3) is 11.8 Å². The summed E-state index contributed by atoms with van der Waals surface area (Å²) in [4.78, 5) is 26.8. The van der Waals surface area contributed by atoms with Crippen molar-refractivity contribution in [3.63, 3.8) is 0 Å². The summed E-state index contributed by atoms with van der Waals surface area (Å²) < 4.78 is 0. The molecule has 0 aliphatic carbocycles. The standard InChI is InChI=1S/C24H20N2O2/c25-21-13-7-8-14-22(21)26(23(27)17-15-19-9-3-1-4-10-19)24(28)18-16-20-11-5-2-6-12-20/h1-18H,25H2/b17-15+,18-16+. The van der Waals surface area contributed by atoms with Crippen LogP contribution in [0.5, 0.6) is 0 Å². The van der Waals surface area contributed by atoms with E-state index in [-0.39, 0.29) is 0 Å². The second-order valence-electron chi connectivity index (χ2n) is 6.06. The third-order valence-corrected chi connectivity index (χ3v) is 4.05. The predicted molar refractivity (Wildman–Crippen MR) is 114 cm³/mol. The number of nitrogens with zero attached hydrogens (tertiary/aromatic N) is 1. The highest BCUT2D eigenvalue weighted by atomic mass is 16.2. The van der Waals surface area contributed by atoms with Crippen molar-refractivity contribution >= 4 is 35.3 Å². The topological polar surface area (TPSA) is 63.4 Å². The third kappa shape index (κ3) is 4.83. The number of hydrogen-bond donors (Lipinski definition) is 1. The molecule has 0 aromatic heterocycles. The van der Waals surface area contributed by atoms with Crippen LogP contribution >= 0.6 is 0 Å². The van der Waals surface area contributed by atoms with Gasteiger partial charge in [-0.15, -0.1) is 0 Å². The van der Waals surface area contributed by atoms with E-state index in [1.54, 1.807) is 36.4 Å². The number of carbonyl (C=O) groups excluding carboxylic acids is 2. The van der Waals surface area contributed by atoms with Crippen molar-refractivity contribution in [2.24, 2.45) is 0 Å². The van der Waals surface area contributed by atoms with Gasteiger partial charge >= 0.3 is 0 Å². The van der Waals surface area contributed by atoms with E-state index in [2.05, 4.69) is 0 Å². The first-order valence-corrected chi connectivity index (χ1v) is 8.84. The average molecular weight is 368 g/mol. The lowest BCUT2D eigenvalue weighted by atomic mass is 10.2. The summed E-state index contributed by atoms with van der Waals surface area (Å²) in [5, 5.41) is 0. The van der Waals surface area contributed by atoms with Gasteiger partial charge in [-0.1, -0.05) is 72.8 Å². The van der Waals surface area contributed by atoms with E-state index in [4.69, 9.17) is 5.73 Å². The van der Waals surface area contributed by atoms with Crippen LogP contribution in [-0.2, 0) is 9.59 Å². The molecule has 2 N–H and O–H groups in total. The Labute approximate surface area is 164 Å². The lowest BCUT2D eigenvalue weighted by Gasteiger charge is -2.19. The lowest BCUT2D eigenvalue weighted by molar-refractivity contribution is -0.121. The van der Waals surface area contributed by atoms with Gasteiger partial charge < -0.3 is 5.73 Å². The maximum atomic E-state index is 12.9. The van der Waals surface area contributed by atoms with E-state index in [1.807, 2.05) is 60.7 Å². The summed E-state index contributed by atoms with van der Waals surface area (Å²) in [5.41, 5.74) is 8.45. The minimum absolute atomic E-state index is 0.352. The molecule has 3 aromatic carbocycles. The van der Waals surface area contributed by atoms with Gasteiger partial charge in [-0.3, -0.25) is 9.59 Å². The second kappa shape index (κ2) is 9.14. The fourth-order valence-corrected chi connectivity index (χ4v) is 2.65. The molecule has 0 saturated carbocycles. The Morgan fingerprint density at radius 2 is 1.07 bits per heavy atom. The van der Waals surface area contributed by atoms with E-state index in [1.165, 1.54) is 12.2 Å². The van der Waals surface area contributed by atoms with Crippen molar-refractivity contribution in [3.8, 4) is 0 Å². The van der Waals surface area contributed by atoms with Crippen molar-refractivity contribution in [2.45, 2.75) is 0 Å². The van der Waals surface area contributed by atoms with Crippen LogP contribution in [0.15, 0.2) is 97.1 Å². The van der Waals surface area contributed by atoms with E-state index in [0.29, 0.717) is 11.4 Å². The van der Waals surface area contributed by atoms with E-state index in [9.17, 15) is 9.59 Å². The SMILES string of the molecule is Nc1ccccc1N(C(=O)/C=C/c1ccccc1)C(=O)/C=C/c1ccccc1. The predicted octanol–water partition coefficient (Wildman–Crippen LogP) is 4.56. The van der Waals surface area contributed by atoms with Gasteiger partial charge in [-0.2, -0.15) is 0 Å². The van der Waals surface area contributed by atoms with Crippen LogP contribution in [0.25, 0.3) is 12.2 Å². The molecule has 4 heteroatoms. The molecule has 0 unspecified atom stereocenters.